The fourth-order valence-electron chi connectivity index (χ4n) is 3.30. The Hall–Kier alpha value is -3.78. The van der Waals surface area contributed by atoms with Gasteiger partial charge in [-0.3, -0.25) is 9.59 Å². The highest BCUT2D eigenvalue weighted by Crippen LogP contribution is 2.37. The first-order valence-corrected chi connectivity index (χ1v) is 10.2. The van der Waals surface area contributed by atoms with Crippen LogP contribution in [-0.4, -0.2) is 33.1 Å². The van der Waals surface area contributed by atoms with E-state index in [0.29, 0.717) is 39.1 Å². The first-order chi connectivity index (χ1) is 15.0. The number of nitrogens with one attached hydrogen (secondary N) is 1. The van der Waals surface area contributed by atoms with Crippen LogP contribution in [0.5, 0.6) is 17.2 Å². The summed E-state index contributed by atoms with van der Waals surface area (Å²) in [4.78, 5) is 28.7. The van der Waals surface area contributed by atoms with Crippen molar-refractivity contribution in [3.63, 3.8) is 0 Å². The number of hydrogen-bond acceptors (Lipinski definition) is 7. The quantitative estimate of drug-likeness (QED) is 0.560. The van der Waals surface area contributed by atoms with Gasteiger partial charge in [-0.2, -0.15) is 0 Å². The molecule has 0 aliphatic carbocycles. The van der Waals surface area contributed by atoms with Crippen molar-refractivity contribution < 1.29 is 23.8 Å². The predicted molar refractivity (Wildman–Crippen MR) is 120 cm³/mol. The van der Waals surface area contributed by atoms with Gasteiger partial charge in [0, 0.05) is 34.8 Å². The third kappa shape index (κ3) is 3.85. The molecule has 2 aromatic carbocycles. The second kappa shape index (κ2) is 8.53. The van der Waals surface area contributed by atoms with Crippen LogP contribution in [0.25, 0.3) is 5.57 Å². The van der Waals surface area contributed by atoms with Crippen molar-refractivity contribution >= 4 is 40.1 Å². The molecule has 3 aromatic rings. The van der Waals surface area contributed by atoms with Crippen molar-refractivity contribution in [2.75, 3.05) is 31.5 Å². The van der Waals surface area contributed by atoms with Crippen molar-refractivity contribution in [3.8, 4) is 17.2 Å². The van der Waals surface area contributed by atoms with E-state index < -0.39 is 11.8 Å². The monoisotopic (exact) mass is 436 g/mol. The second-order valence-corrected chi connectivity index (χ2v) is 7.55. The maximum Gasteiger partial charge on any atom is 0.282 e. The van der Waals surface area contributed by atoms with Crippen LogP contribution in [0, 0.1) is 0 Å². The van der Waals surface area contributed by atoms with Gasteiger partial charge in [-0.25, -0.2) is 4.90 Å². The number of nitrogens with zero attached hydrogens (tertiary/aromatic N) is 1. The summed E-state index contributed by atoms with van der Waals surface area (Å²) in [5, 5.41) is 4.98. The molecule has 0 spiro atoms. The molecular weight excluding hydrogens is 416 g/mol. The highest BCUT2D eigenvalue weighted by Gasteiger charge is 2.40. The lowest BCUT2D eigenvalue weighted by Gasteiger charge is -2.16. The van der Waals surface area contributed by atoms with E-state index in [1.807, 2.05) is 17.5 Å². The third-order valence-electron chi connectivity index (χ3n) is 4.78. The minimum atomic E-state index is -0.455. The summed E-state index contributed by atoms with van der Waals surface area (Å²) < 4.78 is 15.9. The number of anilines is 2. The predicted octanol–water partition coefficient (Wildman–Crippen LogP) is 4.17. The zero-order valence-corrected chi connectivity index (χ0v) is 18.0. The molecule has 0 radical (unpaired) electrons. The van der Waals surface area contributed by atoms with Crippen LogP contribution in [0.1, 0.15) is 4.88 Å². The number of carbonyl (C=O) groups is 2. The average Bonchev–Trinajstić information content (AvgIpc) is 3.40. The van der Waals surface area contributed by atoms with E-state index in [9.17, 15) is 9.59 Å². The molecule has 4 rings (SSSR count). The number of imide groups is 1. The van der Waals surface area contributed by atoms with E-state index in [-0.39, 0.29) is 5.70 Å². The Morgan fingerprint density at radius 2 is 1.52 bits per heavy atom. The molecule has 2 amide bonds. The molecule has 0 fully saturated rings. The van der Waals surface area contributed by atoms with Gasteiger partial charge in [-0.05, 0) is 23.6 Å². The summed E-state index contributed by atoms with van der Waals surface area (Å²) in [6.45, 7) is 0. The summed E-state index contributed by atoms with van der Waals surface area (Å²) in [5.41, 5.74) is 1.49. The van der Waals surface area contributed by atoms with E-state index in [4.69, 9.17) is 14.2 Å². The van der Waals surface area contributed by atoms with Crippen molar-refractivity contribution in [1.29, 1.82) is 0 Å². The highest BCUT2D eigenvalue weighted by molar-refractivity contribution is 7.11. The van der Waals surface area contributed by atoms with Crippen LogP contribution in [0.15, 0.2) is 65.7 Å². The number of thiophene rings is 1. The minimum Gasteiger partial charge on any atom is -0.497 e. The van der Waals surface area contributed by atoms with Crippen LogP contribution in [0.3, 0.4) is 0 Å². The Bertz CT molecular complexity index is 1150. The molecule has 31 heavy (non-hydrogen) atoms. The standard InChI is InChI=1S/C23H20N2O5S/c1-28-16-7-4-6-15(12-16)25-22(26)20(19-8-5-9-31-19)21(23(25)27)24-14-10-17(29-2)13-18(11-14)30-3/h4-13,24H,1-3H3. The number of methoxy groups -OCH3 is 3. The Morgan fingerprint density at radius 3 is 2.13 bits per heavy atom. The minimum absolute atomic E-state index is 0.186. The number of carbonyl (C=O) groups excluding carboxylic acids is 2. The van der Waals surface area contributed by atoms with Gasteiger partial charge in [-0.15, -0.1) is 11.3 Å². The van der Waals surface area contributed by atoms with E-state index >= 15 is 0 Å². The fourth-order valence-corrected chi connectivity index (χ4v) is 4.07. The summed E-state index contributed by atoms with van der Waals surface area (Å²) >= 11 is 1.39. The molecule has 0 bridgehead atoms. The number of rotatable bonds is 7. The van der Waals surface area contributed by atoms with Gasteiger partial charge >= 0.3 is 0 Å². The molecule has 1 N–H and O–H groups in total. The summed E-state index contributed by atoms with van der Waals surface area (Å²) in [5.74, 6) is 0.805. The van der Waals surface area contributed by atoms with E-state index in [2.05, 4.69) is 5.32 Å². The van der Waals surface area contributed by atoms with Crippen LogP contribution in [0.2, 0.25) is 0 Å². The molecular formula is C23H20N2O5S. The molecule has 0 unspecified atom stereocenters. The maximum atomic E-state index is 13.4. The van der Waals surface area contributed by atoms with Crippen molar-refractivity contribution in [2.45, 2.75) is 0 Å². The third-order valence-corrected chi connectivity index (χ3v) is 5.67. The van der Waals surface area contributed by atoms with E-state index in [1.165, 1.54) is 18.4 Å². The Kier molecular flexibility index (Phi) is 5.64. The van der Waals surface area contributed by atoms with Crippen LogP contribution < -0.4 is 24.4 Å². The lowest BCUT2D eigenvalue weighted by atomic mass is 10.1. The molecule has 1 aromatic heterocycles. The largest absolute Gasteiger partial charge is 0.497 e. The van der Waals surface area contributed by atoms with Gasteiger partial charge in [0.05, 0.1) is 32.6 Å². The van der Waals surface area contributed by atoms with Crippen molar-refractivity contribution in [3.05, 3.63) is 70.6 Å². The van der Waals surface area contributed by atoms with Gasteiger partial charge in [-0.1, -0.05) is 12.1 Å². The number of amides is 2. The fraction of sp³-hybridized carbons (Fsp3) is 0.130. The number of ether oxygens (including phenoxy) is 3. The molecule has 0 saturated heterocycles. The smallest absolute Gasteiger partial charge is 0.282 e. The lowest BCUT2D eigenvalue weighted by molar-refractivity contribution is -0.120. The zero-order valence-electron chi connectivity index (χ0n) is 17.2. The van der Waals surface area contributed by atoms with Gasteiger partial charge in [0.1, 0.15) is 22.9 Å². The highest BCUT2D eigenvalue weighted by atomic mass is 32.1. The second-order valence-electron chi connectivity index (χ2n) is 6.60. The molecule has 158 valence electrons. The summed E-state index contributed by atoms with van der Waals surface area (Å²) in [6.07, 6.45) is 0. The topological polar surface area (TPSA) is 77.1 Å². The van der Waals surface area contributed by atoms with Crippen molar-refractivity contribution in [1.82, 2.24) is 0 Å². The molecule has 0 atom stereocenters. The number of benzene rings is 2. The Labute approximate surface area is 183 Å². The van der Waals surface area contributed by atoms with Gasteiger partial charge in [0.15, 0.2) is 0 Å². The van der Waals surface area contributed by atoms with Crippen LogP contribution in [0.4, 0.5) is 11.4 Å². The molecule has 8 heteroatoms. The molecule has 0 saturated carbocycles. The zero-order chi connectivity index (χ0) is 22.0. The lowest BCUT2D eigenvalue weighted by Crippen LogP contribution is -2.32. The Morgan fingerprint density at radius 1 is 0.806 bits per heavy atom. The molecule has 7 nitrogen and oxygen atoms in total. The van der Waals surface area contributed by atoms with Crippen molar-refractivity contribution in [2.24, 2.45) is 0 Å². The molecule has 1 aliphatic rings. The van der Waals surface area contributed by atoms with Gasteiger partial charge in [0.25, 0.3) is 11.8 Å². The average molecular weight is 436 g/mol. The van der Waals surface area contributed by atoms with Crippen LogP contribution in [-0.2, 0) is 9.59 Å². The summed E-state index contributed by atoms with van der Waals surface area (Å²) in [7, 11) is 4.62. The van der Waals surface area contributed by atoms with E-state index in [0.717, 1.165) is 4.90 Å². The first-order valence-electron chi connectivity index (χ1n) is 9.36. The normalized spacial score (nSPS) is 13.6. The van der Waals surface area contributed by atoms with E-state index in [1.54, 1.807) is 56.7 Å². The molecule has 2 heterocycles. The van der Waals surface area contributed by atoms with Gasteiger partial charge in [0.2, 0.25) is 0 Å². The molecule has 1 aliphatic heterocycles. The van der Waals surface area contributed by atoms with Gasteiger partial charge < -0.3 is 19.5 Å². The van der Waals surface area contributed by atoms with Crippen LogP contribution >= 0.6 is 11.3 Å². The first kappa shape index (κ1) is 20.5. The summed E-state index contributed by atoms with van der Waals surface area (Å²) in [6, 6.07) is 15.7. The maximum absolute atomic E-state index is 13.4. The Balaban J connectivity index is 1.79. The SMILES string of the molecule is COc1cc(NC2=C(c3cccs3)C(=O)N(c3cccc(OC)c3)C2=O)cc(OC)c1. The number of hydrogen-bond donors (Lipinski definition) is 1.